The van der Waals surface area contributed by atoms with Crippen molar-refractivity contribution in [1.29, 1.82) is 0 Å². The molecule has 2 nitrogen and oxygen atoms in total. The molecule has 0 saturated heterocycles. The van der Waals surface area contributed by atoms with Gasteiger partial charge in [0.1, 0.15) is 5.82 Å². The number of aliphatic hydroxyl groups is 1. The Morgan fingerprint density at radius 1 is 1.33 bits per heavy atom. The fourth-order valence-electron chi connectivity index (χ4n) is 1.49. The largest absolute Gasteiger partial charge is 0.396 e. The lowest BCUT2D eigenvalue weighted by Gasteiger charge is -2.14. The Morgan fingerprint density at radius 3 is 2.73 bits per heavy atom. The molecule has 1 aromatic carbocycles. The van der Waals surface area contributed by atoms with Crippen LogP contribution in [0.2, 0.25) is 0 Å². The van der Waals surface area contributed by atoms with Crippen molar-refractivity contribution in [3.63, 3.8) is 0 Å². The Bertz CT molecular complexity index is 291. The second kappa shape index (κ2) is 6.53. The van der Waals surface area contributed by atoms with Gasteiger partial charge < -0.3 is 10.4 Å². The highest BCUT2D eigenvalue weighted by Gasteiger charge is 2.08. The molecular formula is C12H18FNO. The summed E-state index contributed by atoms with van der Waals surface area (Å²) in [5, 5.41) is 11.8. The van der Waals surface area contributed by atoms with Gasteiger partial charge in [-0.3, -0.25) is 0 Å². The van der Waals surface area contributed by atoms with Crippen LogP contribution in [0.4, 0.5) is 4.39 Å². The van der Waals surface area contributed by atoms with E-state index in [0.717, 1.165) is 19.4 Å². The lowest BCUT2D eigenvalue weighted by atomic mass is 10.1. The minimum Gasteiger partial charge on any atom is -0.396 e. The summed E-state index contributed by atoms with van der Waals surface area (Å²) in [7, 11) is 0. The molecule has 1 atom stereocenters. The van der Waals surface area contributed by atoms with Crippen LogP contribution < -0.4 is 5.32 Å². The van der Waals surface area contributed by atoms with Crippen LogP contribution in [-0.2, 0) is 0 Å². The maximum absolute atomic E-state index is 13.3. The van der Waals surface area contributed by atoms with Gasteiger partial charge in [-0.15, -0.1) is 0 Å². The number of hydrogen-bond donors (Lipinski definition) is 2. The third kappa shape index (κ3) is 3.98. The smallest absolute Gasteiger partial charge is 0.127 e. The van der Waals surface area contributed by atoms with Gasteiger partial charge in [0.25, 0.3) is 0 Å². The molecule has 15 heavy (non-hydrogen) atoms. The molecule has 0 saturated carbocycles. The predicted octanol–water partition coefficient (Wildman–Crippen LogP) is 2.25. The summed E-state index contributed by atoms with van der Waals surface area (Å²) in [6.45, 7) is 2.96. The highest BCUT2D eigenvalue weighted by atomic mass is 19.1. The van der Waals surface area contributed by atoms with Gasteiger partial charge in [-0.25, -0.2) is 4.39 Å². The molecule has 0 unspecified atom stereocenters. The lowest BCUT2D eigenvalue weighted by molar-refractivity contribution is 0.282. The first-order chi connectivity index (χ1) is 7.25. The zero-order chi connectivity index (χ0) is 11.1. The van der Waals surface area contributed by atoms with Gasteiger partial charge in [0.2, 0.25) is 0 Å². The van der Waals surface area contributed by atoms with Crippen molar-refractivity contribution in [2.24, 2.45) is 0 Å². The van der Waals surface area contributed by atoms with Gasteiger partial charge in [-0.05, 0) is 32.4 Å². The number of halogens is 1. The Hall–Kier alpha value is -0.930. The molecule has 0 radical (unpaired) electrons. The Labute approximate surface area is 90.1 Å². The zero-order valence-corrected chi connectivity index (χ0v) is 9.04. The number of benzene rings is 1. The van der Waals surface area contributed by atoms with Crippen LogP contribution in [0.15, 0.2) is 24.3 Å². The van der Waals surface area contributed by atoms with Gasteiger partial charge >= 0.3 is 0 Å². The van der Waals surface area contributed by atoms with Crippen LogP contribution in [0, 0.1) is 5.82 Å². The van der Waals surface area contributed by atoms with Crippen molar-refractivity contribution in [2.45, 2.75) is 25.8 Å². The maximum atomic E-state index is 13.3. The highest BCUT2D eigenvalue weighted by molar-refractivity contribution is 5.20. The van der Waals surface area contributed by atoms with Crippen molar-refractivity contribution >= 4 is 0 Å². The summed E-state index contributed by atoms with van der Waals surface area (Å²) in [5.74, 6) is -0.167. The van der Waals surface area contributed by atoms with Crippen LogP contribution in [0.1, 0.15) is 31.4 Å². The first-order valence-corrected chi connectivity index (χ1v) is 5.34. The Balaban J connectivity index is 2.40. The number of nitrogens with one attached hydrogen (secondary N) is 1. The molecule has 2 N–H and O–H groups in total. The predicted molar refractivity (Wildman–Crippen MR) is 59.1 cm³/mol. The van der Waals surface area contributed by atoms with Crippen molar-refractivity contribution in [3.05, 3.63) is 35.6 Å². The van der Waals surface area contributed by atoms with E-state index in [-0.39, 0.29) is 18.5 Å². The molecule has 0 aliphatic heterocycles. The molecule has 84 valence electrons. The number of rotatable bonds is 6. The minimum atomic E-state index is -0.167. The third-order valence-corrected chi connectivity index (χ3v) is 2.41. The summed E-state index contributed by atoms with van der Waals surface area (Å²) in [4.78, 5) is 0. The van der Waals surface area contributed by atoms with E-state index >= 15 is 0 Å². The summed E-state index contributed by atoms with van der Waals surface area (Å²) < 4.78 is 13.3. The van der Waals surface area contributed by atoms with Crippen LogP contribution in [-0.4, -0.2) is 18.3 Å². The Morgan fingerprint density at radius 2 is 2.07 bits per heavy atom. The summed E-state index contributed by atoms with van der Waals surface area (Å²) in [6, 6.07) is 6.81. The molecular weight excluding hydrogens is 193 g/mol. The average molecular weight is 211 g/mol. The monoisotopic (exact) mass is 211 g/mol. The topological polar surface area (TPSA) is 32.3 Å². The van der Waals surface area contributed by atoms with Crippen LogP contribution in [0.25, 0.3) is 0 Å². The molecule has 0 aromatic heterocycles. The Kier molecular flexibility index (Phi) is 5.29. The molecule has 0 heterocycles. The molecule has 0 aliphatic rings. The molecule has 1 aromatic rings. The van der Waals surface area contributed by atoms with Gasteiger partial charge in [0.15, 0.2) is 0 Å². The van der Waals surface area contributed by atoms with E-state index in [0.29, 0.717) is 5.56 Å². The first kappa shape index (κ1) is 12.1. The quantitative estimate of drug-likeness (QED) is 0.707. The average Bonchev–Trinajstić information content (AvgIpc) is 2.25. The van der Waals surface area contributed by atoms with Gasteiger partial charge in [-0.2, -0.15) is 0 Å². The maximum Gasteiger partial charge on any atom is 0.127 e. The van der Waals surface area contributed by atoms with Crippen LogP contribution >= 0.6 is 0 Å². The zero-order valence-electron chi connectivity index (χ0n) is 9.04. The minimum absolute atomic E-state index is 0.0184. The van der Waals surface area contributed by atoms with E-state index in [1.54, 1.807) is 12.1 Å². The van der Waals surface area contributed by atoms with Crippen molar-refractivity contribution < 1.29 is 9.50 Å². The number of unbranched alkanes of at least 4 members (excludes halogenated alkanes) is 1. The lowest BCUT2D eigenvalue weighted by Crippen LogP contribution is -2.20. The molecule has 3 heteroatoms. The van der Waals surface area contributed by atoms with Crippen molar-refractivity contribution in [3.8, 4) is 0 Å². The molecule has 0 spiro atoms. The molecule has 0 amide bonds. The SMILES string of the molecule is C[C@@H](NCCCCO)c1ccccc1F. The standard InChI is InChI=1S/C12H18FNO/c1-10(14-8-4-5-9-15)11-6-2-3-7-12(11)13/h2-3,6-7,10,14-15H,4-5,8-9H2,1H3/t10-/m1/s1. The summed E-state index contributed by atoms with van der Waals surface area (Å²) in [5.41, 5.74) is 0.696. The second-order valence-electron chi connectivity index (χ2n) is 3.63. The molecule has 0 bridgehead atoms. The van der Waals surface area contributed by atoms with E-state index in [2.05, 4.69) is 5.32 Å². The normalized spacial score (nSPS) is 12.7. The van der Waals surface area contributed by atoms with Gasteiger partial charge in [-0.1, -0.05) is 18.2 Å². The second-order valence-corrected chi connectivity index (χ2v) is 3.63. The van der Waals surface area contributed by atoms with Crippen molar-refractivity contribution in [2.75, 3.05) is 13.2 Å². The molecule has 1 rings (SSSR count). The number of hydrogen-bond acceptors (Lipinski definition) is 2. The van der Waals surface area contributed by atoms with E-state index in [1.807, 2.05) is 13.0 Å². The van der Waals surface area contributed by atoms with Crippen molar-refractivity contribution in [1.82, 2.24) is 5.32 Å². The molecule has 0 aliphatic carbocycles. The first-order valence-electron chi connectivity index (χ1n) is 5.34. The fourth-order valence-corrected chi connectivity index (χ4v) is 1.49. The third-order valence-electron chi connectivity index (χ3n) is 2.41. The van der Waals surface area contributed by atoms with Gasteiger partial charge in [0.05, 0.1) is 0 Å². The fraction of sp³-hybridized carbons (Fsp3) is 0.500. The highest BCUT2D eigenvalue weighted by Crippen LogP contribution is 2.15. The summed E-state index contributed by atoms with van der Waals surface area (Å²) >= 11 is 0. The van der Waals surface area contributed by atoms with Crippen LogP contribution in [0.5, 0.6) is 0 Å². The van der Waals surface area contributed by atoms with E-state index in [4.69, 9.17) is 5.11 Å². The van der Waals surface area contributed by atoms with Crippen LogP contribution in [0.3, 0.4) is 0 Å². The summed E-state index contributed by atoms with van der Waals surface area (Å²) in [6.07, 6.45) is 1.70. The molecule has 0 fully saturated rings. The van der Waals surface area contributed by atoms with Gasteiger partial charge in [0, 0.05) is 18.2 Å². The van der Waals surface area contributed by atoms with E-state index < -0.39 is 0 Å². The number of aliphatic hydroxyl groups excluding tert-OH is 1. The van der Waals surface area contributed by atoms with E-state index in [1.165, 1.54) is 6.07 Å². The van der Waals surface area contributed by atoms with E-state index in [9.17, 15) is 4.39 Å².